The SMILES string of the molecule is O=C(N/N=C\c1ccccc1)c1ccc(OCc2ccc(Cl)c(Cl)c2)cc1. The molecule has 4 nitrogen and oxygen atoms in total. The Morgan fingerprint density at radius 3 is 2.41 bits per heavy atom. The molecule has 0 radical (unpaired) electrons. The van der Waals surface area contributed by atoms with E-state index in [9.17, 15) is 4.79 Å². The summed E-state index contributed by atoms with van der Waals surface area (Å²) >= 11 is 11.9. The lowest BCUT2D eigenvalue weighted by atomic mass is 10.2. The van der Waals surface area contributed by atoms with Crippen LogP contribution in [0.1, 0.15) is 21.5 Å². The van der Waals surface area contributed by atoms with E-state index in [2.05, 4.69) is 10.5 Å². The van der Waals surface area contributed by atoms with Gasteiger partial charge in [0.1, 0.15) is 12.4 Å². The van der Waals surface area contributed by atoms with E-state index < -0.39 is 0 Å². The highest BCUT2D eigenvalue weighted by molar-refractivity contribution is 6.42. The Balaban J connectivity index is 1.53. The molecule has 1 N–H and O–H groups in total. The molecule has 3 aromatic rings. The molecule has 0 aliphatic heterocycles. The summed E-state index contributed by atoms with van der Waals surface area (Å²) in [5.74, 6) is 0.351. The fourth-order valence-electron chi connectivity index (χ4n) is 2.27. The van der Waals surface area contributed by atoms with E-state index in [0.29, 0.717) is 28.0 Å². The van der Waals surface area contributed by atoms with Crippen LogP contribution in [0.4, 0.5) is 0 Å². The molecule has 0 atom stereocenters. The predicted octanol–water partition coefficient (Wildman–Crippen LogP) is 5.34. The summed E-state index contributed by atoms with van der Waals surface area (Å²) in [4.78, 5) is 12.1. The molecule has 6 heteroatoms. The van der Waals surface area contributed by atoms with Crippen molar-refractivity contribution in [2.45, 2.75) is 6.61 Å². The highest BCUT2D eigenvalue weighted by atomic mass is 35.5. The van der Waals surface area contributed by atoms with Gasteiger partial charge in [-0.25, -0.2) is 5.43 Å². The van der Waals surface area contributed by atoms with Gasteiger partial charge in [0.2, 0.25) is 0 Å². The molecule has 0 aromatic heterocycles. The maximum absolute atomic E-state index is 12.1. The number of carbonyl (C=O) groups excluding carboxylic acids is 1. The molecule has 3 aromatic carbocycles. The van der Waals surface area contributed by atoms with Crippen LogP contribution in [0.25, 0.3) is 0 Å². The maximum Gasteiger partial charge on any atom is 0.271 e. The van der Waals surface area contributed by atoms with E-state index >= 15 is 0 Å². The number of amides is 1. The van der Waals surface area contributed by atoms with Gasteiger partial charge in [0, 0.05) is 5.56 Å². The number of rotatable bonds is 6. The lowest BCUT2D eigenvalue weighted by Crippen LogP contribution is -2.17. The molecule has 0 unspecified atom stereocenters. The molecule has 0 aliphatic rings. The maximum atomic E-state index is 12.1. The zero-order valence-electron chi connectivity index (χ0n) is 14.2. The standard InChI is InChI=1S/C21H16Cl2N2O2/c22-19-11-6-16(12-20(19)23)14-27-18-9-7-17(8-10-18)21(26)25-24-13-15-4-2-1-3-5-15/h1-13H,14H2,(H,25,26)/b24-13-. The van der Waals surface area contributed by atoms with Crippen molar-refractivity contribution in [1.29, 1.82) is 0 Å². The van der Waals surface area contributed by atoms with Crippen LogP contribution < -0.4 is 10.2 Å². The van der Waals surface area contributed by atoms with E-state index in [4.69, 9.17) is 27.9 Å². The van der Waals surface area contributed by atoms with Crippen LogP contribution >= 0.6 is 23.2 Å². The molecule has 3 rings (SSSR count). The second-order valence-corrected chi connectivity index (χ2v) is 6.49. The second-order valence-electron chi connectivity index (χ2n) is 5.67. The zero-order chi connectivity index (χ0) is 19.1. The smallest absolute Gasteiger partial charge is 0.271 e. The van der Waals surface area contributed by atoms with Crippen LogP contribution in [0.3, 0.4) is 0 Å². The minimum Gasteiger partial charge on any atom is -0.489 e. The summed E-state index contributed by atoms with van der Waals surface area (Å²) in [5, 5.41) is 4.94. The molecule has 0 fully saturated rings. The van der Waals surface area contributed by atoms with Gasteiger partial charge in [-0.15, -0.1) is 0 Å². The van der Waals surface area contributed by atoms with Crippen molar-refractivity contribution >= 4 is 35.3 Å². The minimum atomic E-state index is -0.293. The third kappa shape index (κ3) is 5.58. The molecule has 0 heterocycles. The quantitative estimate of drug-likeness (QED) is 0.450. The molecule has 136 valence electrons. The van der Waals surface area contributed by atoms with Gasteiger partial charge in [-0.2, -0.15) is 5.10 Å². The molecule has 1 amide bonds. The first-order valence-corrected chi connectivity index (χ1v) is 8.92. The lowest BCUT2D eigenvalue weighted by Gasteiger charge is -2.08. The number of hydrogen-bond acceptors (Lipinski definition) is 3. The Morgan fingerprint density at radius 2 is 1.70 bits per heavy atom. The summed E-state index contributed by atoms with van der Waals surface area (Å²) in [7, 11) is 0. The molecule has 27 heavy (non-hydrogen) atoms. The van der Waals surface area contributed by atoms with Crippen LogP contribution in [0, 0.1) is 0 Å². The van der Waals surface area contributed by atoms with Crippen molar-refractivity contribution in [2.75, 3.05) is 0 Å². The predicted molar refractivity (Wildman–Crippen MR) is 109 cm³/mol. The van der Waals surface area contributed by atoms with Gasteiger partial charge in [-0.3, -0.25) is 4.79 Å². The third-order valence-corrected chi connectivity index (χ3v) is 4.42. The minimum absolute atomic E-state index is 0.293. The van der Waals surface area contributed by atoms with E-state index in [1.807, 2.05) is 36.4 Å². The Morgan fingerprint density at radius 1 is 0.963 bits per heavy atom. The highest BCUT2D eigenvalue weighted by Gasteiger charge is 2.05. The number of carbonyl (C=O) groups is 1. The van der Waals surface area contributed by atoms with E-state index in [0.717, 1.165) is 11.1 Å². The number of nitrogens with zero attached hydrogens (tertiary/aromatic N) is 1. The van der Waals surface area contributed by atoms with Crippen LogP contribution in [0.2, 0.25) is 10.0 Å². The Labute approximate surface area is 167 Å². The fraction of sp³-hybridized carbons (Fsp3) is 0.0476. The average Bonchev–Trinajstić information content (AvgIpc) is 2.70. The van der Waals surface area contributed by atoms with Gasteiger partial charge in [-0.05, 0) is 47.5 Å². The van der Waals surface area contributed by atoms with Crippen LogP contribution in [-0.4, -0.2) is 12.1 Å². The summed E-state index contributed by atoms with van der Waals surface area (Å²) in [5.41, 5.74) is 4.80. The first-order chi connectivity index (χ1) is 13.1. The Hall–Kier alpha value is -2.82. The second kappa shape index (κ2) is 9.21. The number of nitrogens with one attached hydrogen (secondary N) is 1. The Bertz CT molecular complexity index is 942. The Kier molecular flexibility index (Phi) is 6.47. The fourth-order valence-corrected chi connectivity index (χ4v) is 2.59. The largest absolute Gasteiger partial charge is 0.489 e. The molecular weight excluding hydrogens is 383 g/mol. The molecule has 0 spiro atoms. The number of hydrogen-bond donors (Lipinski definition) is 1. The van der Waals surface area contributed by atoms with Crippen molar-refractivity contribution in [3.05, 3.63) is 99.5 Å². The summed E-state index contributed by atoms with van der Waals surface area (Å²) in [6.45, 7) is 0.351. The highest BCUT2D eigenvalue weighted by Crippen LogP contribution is 2.23. The van der Waals surface area contributed by atoms with Crippen molar-refractivity contribution in [3.8, 4) is 5.75 Å². The number of halogens is 2. The molecule has 0 saturated heterocycles. The van der Waals surface area contributed by atoms with Crippen molar-refractivity contribution in [1.82, 2.24) is 5.43 Å². The average molecular weight is 399 g/mol. The van der Waals surface area contributed by atoms with Gasteiger partial charge < -0.3 is 4.74 Å². The zero-order valence-corrected chi connectivity index (χ0v) is 15.7. The lowest BCUT2D eigenvalue weighted by molar-refractivity contribution is 0.0955. The first kappa shape index (κ1) is 19.0. The van der Waals surface area contributed by atoms with Crippen molar-refractivity contribution < 1.29 is 9.53 Å². The van der Waals surface area contributed by atoms with Gasteiger partial charge in [0.05, 0.1) is 16.3 Å². The van der Waals surface area contributed by atoms with Crippen LogP contribution in [0.5, 0.6) is 5.75 Å². The van der Waals surface area contributed by atoms with Gasteiger partial charge in [0.15, 0.2) is 0 Å². The summed E-state index contributed by atoms with van der Waals surface area (Å²) in [6.07, 6.45) is 1.59. The summed E-state index contributed by atoms with van der Waals surface area (Å²) < 4.78 is 5.70. The van der Waals surface area contributed by atoms with E-state index in [1.165, 1.54) is 0 Å². The summed E-state index contributed by atoms with van der Waals surface area (Å²) in [6, 6.07) is 21.7. The molecule has 0 bridgehead atoms. The first-order valence-electron chi connectivity index (χ1n) is 8.17. The third-order valence-electron chi connectivity index (χ3n) is 3.69. The van der Waals surface area contributed by atoms with Crippen molar-refractivity contribution in [2.24, 2.45) is 5.10 Å². The van der Waals surface area contributed by atoms with E-state index in [1.54, 1.807) is 42.6 Å². The monoisotopic (exact) mass is 398 g/mol. The molecule has 0 aliphatic carbocycles. The van der Waals surface area contributed by atoms with Crippen LogP contribution in [0.15, 0.2) is 77.9 Å². The topological polar surface area (TPSA) is 50.7 Å². The van der Waals surface area contributed by atoms with Gasteiger partial charge in [-0.1, -0.05) is 59.6 Å². The normalized spacial score (nSPS) is 10.7. The van der Waals surface area contributed by atoms with Crippen molar-refractivity contribution in [3.63, 3.8) is 0 Å². The molecule has 0 saturated carbocycles. The van der Waals surface area contributed by atoms with Gasteiger partial charge in [0.25, 0.3) is 5.91 Å². The van der Waals surface area contributed by atoms with E-state index in [-0.39, 0.29) is 5.91 Å². The number of hydrazone groups is 1. The number of ether oxygens (including phenoxy) is 1. The molecular formula is C21H16Cl2N2O2. The van der Waals surface area contributed by atoms with Crippen LogP contribution in [-0.2, 0) is 6.61 Å². The number of benzene rings is 3. The van der Waals surface area contributed by atoms with Gasteiger partial charge >= 0.3 is 0 Å².